The highest BCUT2D eigenvalue weighted by atomic mass is 19.1. The van der Waals surface area contributed by atoms with Gasteiger partial charge in [-0.15, -0.1) is 0 Å². The second kappa shape index (κ2) is 6.85. The van der Waals surface area contributed by atoms with Crippen molar-refractivity contribution in [3.05, 3.63) is 28.0 Å². The van der Waals surface area contributed by atoms with Gasteiger partial charge in [0.15, 0.2) is 5.75 Å². The molecule has 2 heterocycles. The van der Waals surface area contributed by atoms with Gasteiger partial charge in [-0.05, 0) is 38.3 Å². The number of carbonyl (C=O) groups is 1. The molecule has 3 aliphatic rings. The Kier molecular flexibility index (Phi) is 4.44. The Balaban J connectivity index is 1.69. The average Bonchev–Trinajstić information content (AvgIpc) is 3.64. The van der Waals surface area contributed by atoms with E-state index in [0.29, 0.717) is 17.2 Å². The van der Waals surface area contributed by atoms with Crippen LogP contribution in [0, 0.1) is 5.92 Å². The molecule has 1 aromatic carbocycles. The number of hydrogen-bond acceptors (Lipinski definition) is 6. The summed E-state index contributed by atoms with van der Waals surface area (Å²) in [5.74, 6) is -0.426. The van der Waals surface area contributed by atoms with E-state index in [9.17, 15) is 19.1 Å². The Morgan fingerprint density at radius 1 is 1.42 bits per heavy atom. The van der Waals surface area contributed by atoms with Crippen LogP contribution in [0.3, 0.4) is 0 Å². The summed E-state index contributed by atoms with van der Waals surface area (Å²) < 4.78 is 21.3. The van der Waals surface area contributed by atoms with E-state index in [-0.39, 0.29) is 23.0 Å². The summed E-state index contributed by atoms with van der Waals surface area (Å²) in [4.78, 5) is 26.8. The van der Waals surface area contributed by atoms with Crippen molar-refractivity contribution < 1.29 is 19.0 Å². The number of aromatic carboxylic acids is 1. The van der Waals surface area contributed by atoms with Crippen LogP contribution in [0.1, 0.15) is 42.1 Å². The predicted octanol–water partition coefficient (Wildman–Crippen LogP) is 2.15. The van der Waals surface area contributed by atoms with Crippen LogP contribution >= 0.6 is 0 Å². The molecule has 166 valence electrons. The highest BCUT2D eigenvalue weighted by Gasteiger charge is 2.50. The summed E-state index contributed by atoms with van der Waals surface area (Å²) in [7, 11) is 3.52. The minimum absolute atomic E-state index is 0.0734. The van der Waals surface area contributed by atoms with Gasteiger partial charge in [0.2, 0.25) is 5.43 Å². The molecule has 8 nitrogen and oxygen atoms in total. The first-order valence-corrected chi connectivity index (χ1v) is 10.7. The van der Waals surface area contributed by atoms with Gasteiger partial charge in [0, 0.05) is 36.9 Å². The molecule has 0 amide bonds. The van der Waals surface area contributed by atoms with Crippen LogP contribution in [0.4, 0.5) is 15.8 Å². The number of pyridine rings is 1. The molecule has 2 aliphatic carbocycles. The molecule has 0 bridgehead atoms. The van der Waals surface area contributed by atoms with E-state index in [2.05, 4.69) is 10.2 Å². The summed E-state index contributed by atoms with van der Waals surface area (Å²) in [6, 6.07) is 1.16. The number of ether oxygens (including phenoxy) is 1. The number of nitrogens with one attached hydrogen (secondary N) is 1. The van der Waals surface area contributed by atoms with Crippen molar-refractivity contribution in [1.82, 2.24) is 9.88 Å². The first kappa shape index (κ1) is 20.1. The largest absolute Gasteiger partial charge is 0.492 e. The van der Waals surface area contributed by atoms with E-state index in [4.69, 9.17) is 10.5 Å². The number of nitrogens with two attached hydrogens (primary N) is 1. The monoisotopic (exact) mass is 430 g/mol. The lowest BCUT2D eigenvalue weighted by molar-refractivity contribution is 0.0694. The van der Waals surface area contributed by atoms with Gasteiger partial charge in [-0.1, -0.05) is 0 Å². The van der Waals surface area contributed by atoms with E-state index >= 15 is 0 Å². The molecule has 5 rings (SSSR count). The molecule has 1 aromatic heterocycles. The summed E-state index contributed by atoms with van der Waals surface area (Å²) in [6.07, 6.45) is 3.76. The van der Waals surface area contributed by atoms with Crippen LogP contribution in [0.2, 0.25) is 0 Å². The third kappa shape index (κ3) is 2.97. The fraction of sp³-hybridized carbons (Fsp3) is 0.545. The second-order valence-corrected chi connectivity index (χ2v) is 8.98. The number of carboxylic acids is 1. The van der Waals surface area contributed by atoms with Gasteiger partial charge in [0.1, 0.15) is 11.7 Å². The van der Waals surface area contributed by atoms with Crippen molar-refractivity contribution in [2.75, 3.05) is 37.9 Å². The number of hydrogen-bond donors (Lipinski definition) is 3. The number of benzene rings is 1. The molecule has 1 saturated heterocycles. The van der Waals surface area contributed by atoms with Crippen LogP contribution < -0.4 is 26.1 Å². The number of aromatic nitrogens is 1. The van der Waals surface area contributed by atoms with Gasteiger partial charge in [-0.25, -0.2) is 9.18 Å². The summed E-state index contributed by atoms with van der Waals surface area (Å²) >= 11 is 0. The maximum atomic E-state index is 14.1. The first-order chi connectivity index (χ1) is 14.8. The zero-order chi connectivity index (χ0) is 22.1. The smallest absolute Gasteiger partial charge is 0.341 e. The molecule has 1 aliphatic heterocycles. The minimum atomic E-state index is -1.36. The van der Waals surface area contributed by atoms with Crippen molar-refractivity contribution in [3.63, 3.8) is 0 Å². The third-order valence-corrected chi connectivity index (χ3v) is 7.33. The number of alkyl halides is 1. The fourth-order valence-electron chi connectivity index (χ4n) is 5.26. The molecular weight excluding hydrogens is 403 g/mol. The maximum Gasteiger partial charge on any atom is 0.341 e. The van der Waals surface area contributed by atoms with Gasteiger partial charge < -0.3 is 30.4 Å². The van der Waals surface area contributed by atoms with Gasteiger partial charge >= 0.3 is 5.97 Å². The summed E-state index contributed by atoms with van der Waals surface area (Å²) in [5.41, 5.74) is 6.72. The molecule has 4 N–H and O–H groups in total. The van der Waals surface area contributed by atoms with Crippen LogP contribution in [0.15, 0.2) is 17.1 Å². The van der Waals surface area contributed by atoms with Gasteiger partial charge in [0.25, 0.3) is 0 Å². The first-order valence-electron chi connectivity index (χ1n) is 10.7. The SMILES string of the molecule is CNC1([C@@H]2CCN(c3cc(N)c4c(=O)c(C(=O)O)cn([C@@H]5C[C@H]5F)c4c3OC)C2)CC1. The van der Waals surface area contributed by atoms with Gasteiger partial charge in [-0.2, -0.15) is 0 Å². The lowest BCUT2D eigenvalue weighted by Gasteiger charge is -2.27. The van der Waals surface area contributed by atoms with Crippen molar-refractivity contribution in [2.24, 2.45) is 5.92 Å². The molecule has 0 unspecified atom stereocenters. The Morgan fingerprint density at radius 2 is 2.13 bits per heavy atom. The summed E-state index contributed by atoms with van der Waals surface area (Å²) in [5, 5.41) is 13.0. The van der Waals surface area contributed by atoms with Crippen LogP contribution in [0.25, 0.3) is 10.9 Å². The number of carboxylic acid groups (broad SMARTS) is 1. The average molecular weight is 430 g/mol. The normalized spacial score (nSPS) is 26.3. The highest BCUT2D eigenvalue weighted by molar-refractivity contribution is 6.03. The molecule has 9 heteroatoms. The van der Waals surface area contributed by atoms with Crippen LogP contribution in [-0.4, -0.2) is 54.6 Å². The van der Waals surface area contributed by atoms with Gasteiger partial charge in [-0.3, -0.25) is 4.79 Å². The van der Waals surface area contributed by atoms with Gasteiger partial charge in [0.05, 0.1) is 29.7 Å². The number of nitrogens with zero attached hydrogens (tertiary/aromatic N) is 2. The van der Waals surface area contributed by atoms with E-state index in [1.54, 1.807) is 6.07 Å². The molecular formula is C22H27FN4O4. The van der Waals surface area contributed by atoms with Crippen molar-refractivity contribution in [3.8, 4) is 5.75 Å². The second-order valence-electron chi connectivity index (χ2n) is 8.98. The quantitative estimate of drug-likeness (QED) is 0.603. The van der Waals surface area contributed by atoms with Crippen LogP contribution in [-0.2, 0) is 0 Å². The third-order valence-electron chi connectivity index (χ3n) is 7.33. The van der Waals surface area contributed by atoms with Crippen molar-refractivity contribution in [2.45, 2.75) is 43.4 Å². The van der Waals surface area contributed by atoms with E-state index in [1.165, 1.54) is 17.9 Å². The van der Waals surface area contributed by atoms with E-state index in [0.717, 1.165) is 38.0 Å². The molecule has 0 spiro atoms. The Hall–Kier alpha value is -2.81. The summed E-state index contributed by atoms with van der Waals surface area (Å²) in [6.45, 7) is 1.65. The topological polar surface area (TPSA) is 110 Å². The number of rotatable bonds is 6. The highest BCUT2D eigenvalue weighted by Crippen LogP contribution is 2.49. The molecule has 3 atom stereocenters. The molecule has 0 radical (unpaired) electrons. The zero-order valence-electron chi connectivity index (χ0n) is 17.7. The van der Waals surface area contributed by atoms with Crippen LogP contribution in [0.5, 0.6) is 5.75 Å². The molecule has 3 fully saturated rings. The number of nitrogen functional groups attached to an aromatic ring is 1. The number of methoxy groups -OCH3 is 1. The lowest BCUT2D eigenvalue weighted by Crippen LogP contribution is -2.37. The van der Waals surface area contributed by atoms with E-state index < -0.39 is 29.2 Å². The standard InChI is InChI=1S/C22H27FN4O4/c1-25-22(4-5-22)11-3-6-26(9-11)16-8-14(24)17-18(20(16)31-2)27(15-7-13(15)23)10-12(19(17)28)21(29)30/h8,10-11,13,15,25H,3-7,9,24H2,1-2H3,(H,29,30)/t11-,13-,15-/m1/s1. The zero-order valence-corrected chi connectivity index (χ0v) is 17.7. The maximum absolute atomic E-state index is 14.1. The van der Waals surface area contributed by atoms with Crippen molar-refractivity contribution >= 4 is 28.2 Å². The molecule has 2 saturated carbocycles. The number of fused-ring (bicyclic) bond motifs is 1. The lowest BCUT2D eigenvalue weighted by atomic mass is 9.96. The fourth-order valence-corrected chi connectivity index (χ4v) is 5.26. The minimum Gasteiger partial charge on any atom is -0.492 e. The number of anilines is 2. The van der Waals surface area contributed by atoms with Crippen molar-refractivity contribution in [1.29, 1.82) is 0 Å². The Morgan fingerprint density at radius 3 is 2.68 bits per heavy atom. The Labute approximate surface area is 178 Å². The molecule has 31 heavy (non-hydrogen) atoms. The number of halogens is 1. The predicted molar refractivity (Wildman–Crippen MR) is 116 cm³/mol. The molecule has 2 aromatic rings. The Bertz CT molecular complexity index is 1140. The van der Waals surface area contributed by atoms with E-state index in [1.807, 2.05) is 7.05 Å².